The quantitative estimate of drug-likeness (QED) is 0.808. The van der Waals surface area contributed by atoms with E-state index in [9.17, 15) is 4.79 Å². The lowest BCUT2D eigenvalue weighted by molar-refractivity contribution is -0.125. The summed E-state index contributed by atoms with van der Waals surface area (Å²) in [7, 11) is 0. The third kappa shape index (κ3) is 3.66. The van der Waals surface area contributed by atoms with Crippen LogP contribution in [0.25, 0.3) is 0 Å². The Morgan fingerprint density at radius 2 is 2.28 bits per heavy atom. The van der Waals surface area contributed by atoms with Gasteiger partial charge in [0.2, 0.25) is 0 Å². The van der Waals surface area contributed by atoms with Gasteiger partial charge in [0, 0.05) is 36.3 Å². The van der Waals surface area contributed by atoms with Crippen LogP contribution in [0.3, 0.4) is 0 Å². The maximum atomic E-state index is 11.9. The zero-order valence-corrected chi connectivity index (χ0v) is 12.2. The molecule has 0 saturated heterocycles. The van der Waals surface area contributed by atoms with Crippen LogP contribution in [0.1, 0.15) is 44.4 Å². The fourth-order valence-corrected chi connectivity index (χ4v) is 3.32. The monoisotopic (exact) mass is 265 g/mol. The first kappa shape index (κ1) is 13.8. The molecule has 1 fully saturated rings. The summed E-state index contributed by atoms with van der Waals surface area (Å²) < 4.78 is 0. The first-order chi connectivity index (χ1) is 8.66. The van der Waals surface area contributed by atoms with Crippen LogP contribution in [0.2, 0.25) is 0 Å². The molecule has 100 valence electrons. The summed E-state index contributed by atoms with van der Waals surface area (Å²) in [5.41, 5.74) is 0. The Bertz CT molecular complexity index is 372. The molecule has 0 bridgehead atoms. The van der Waals surface area contributed by atoms with E-state index in [1.54, 1.807) is 11.3 Å². The van der Waals surface area contributed by atoms with Crippen molar-refractivity contribution >= 4 is 17.1 Å². The minimum absolute atomic E-state index is 0.279. The summed E-state index contributed by atoms with van der Waals surface area (Å²) >= 11 is 1.80. The Hall–Kier alpha value is -0.670. The molecule has 0 spiro atoms. The largest absolute Gasteiger partial charge is 0.299 e. The molecule has 0 aliphatic heterocycles. The third-order valence-electron chi connectivity index (χ3n) is 3.81. The number of nitrogens with zero attached hydrogens (tertiary/aromatic N) is 1. The van der Waals surface area contributed by atoms with Gasteiger partial charge >= 0.3 is 0 Å². The molecule has 1 aliphatic carbocycles. The van der Waals surface area contributed by atoms with Gasteiger partial charge in [-0.3, -0.25) is 9.69 Å². The predicted octanol–water partition coefficient (Wildman–Crippen LogP) is 3.72. The molecule has 1 aromatic rings. The maximum absolute atomic E-state index is 11.9. The molecular weight excluding hydrogens is 242 g/mol. The van der Waals surface area contributed by atoms with Crippen molar-refractivity contribution in [2.75, 3.05) is 6.54 Å². The number of carbonyl (C=O) groups excluding carboxylic acids is 1. The fourth-order valence-electron chi connectivity index (χ4n) is 2.59. The van der Waals surface area contributed by atoms with Crippen molar-refractivity contribution in [3.05, 3.63) is 22.4 Å². The average molecular weight is 265 g/mol. The van der Waals surface area contributed by atoms with E-state index >= 15 is 0 Å². The predicted molar refractivity (Wildman–Crippen MR) is 76.8 cm³/mol. The molecule has 2 rings (SSSR count). The molecule has 1 unspecified atom stereocenters. The van der Waals surface area contributed by atoms with E-state index in [-0.39, 0.29) is 5.92 Å². The normalized spacial score (nSPS) is 20.9. The van der Waals surface area contributed by atoms with Crippen molar-refractivity contribution < 1.29 is 4.79 Å². The van der Waals surface area contributed by atoms with Crippen molar-refractivity contribution in [2.45, 2.75) is 52.1 Å². The lowest BCUT2D eigenvalue weighted by atomic mass is 9.87. The second kappa shape index (κ2) is 6.48. The maximum Gasteiger partial charge on any atom is 0.137 e. The number of carbonyl (C=O) groups is 1. The lowest BCUT2D eigenvalue weighted by Crippen LogP contribution is -2.38. The smallest absolute Gasteiger partial charge is 0.137 e. The highest BCUT2D eigenvalue weighted by atomic mass is 32.1. The number of Topliss-reactive ketones (excluding diaryl/α,β-unsaturated/α-hetero) is 1. The second-order valence-corrected chi connectivity index (χ2v) is 6.54. The molecule has 18 heavy (non-hydrogen) atoms. The molecule has 1 heterocycles. The summed E-state index contributed by atoms with van der Waals surface area (Å²) in [4.78, 5) is 15.8. The van der Waals surface area contributed by atoms with Crippen LogP contribution in [0.5, 0.6) is 0 Å². The van der Waals surface area contributed by atoms with Crippen molar-refractivity contribution in [2.24, 2.45) is 5.92 Å². The molecule has 0 aromatic carbocycles. The fraction of sp³-hybridized carbons (Fsp3) is 0.667. The van der Waals surface area contributed by atoms with Gasteiger partial charge in [-0.05, 0) is 38.1 Å². The number of hydrogen-bond acceptors (Lipinski definition) is 3. The van der Waals surface area contributed by atoms with Crippen molar-refractivity contribution in [3.8, 4) is 0 Å². The van der Waals surface area contributed by atoms with E-state index in [0.29, 0.717) is 11.8 Å². The molecule has 3 heteroatoms. The van der Waals surface area contributed by atoms with Crippen LogP contribution in [-0.4, -0.2) is 23.3 Å². The molecule has 0 radical (unpaired) electrons. The first-order valence-electron chi connectivity index (χ1n) is 6.96. The van der Waals surface area contributed by atoms with Crippen molar-refractivity contribution in [1.82, 2.24) is 4.90 Å². The van der Waals surface area contributed by atoms with Crippen LogP contribution in [0.4, 0.5) is 0 Å². The zero-order chi connectivity index (χ0) is 13.0. The zero-order valence-electron chi connectivity index (χ0n) is 11.4. The Balaban J connectivity index is 1.95. The molecule has 2 nitrogen and oxygen atoms in total. The number of ketones is 1. The minimum atomic E-state index is 0.279. The second-order valence-electron chi connectivity index (χ2n) is 5.51. The molecular formula is C15H23NOS. The van der Waals surface area contributed by atoms with Gasteiger partial charge in [0.05, 0.1) is 0 Å². The summed E-state index contributed by atoms with van der Waals surface area (Å²) in [5, 5.41) is 2.12. The van der Waals surface area contributed by atoms with Crippen LogP contribution in [-0.2, 0) is 11.3 Å². The molecule has 0 N–H and O–H groups in total. The highest BCUT2D eigenvalue weighted by Gasteiger charge is 2.25. The van der Waals surface area contributed by atoms with Crippen molar-refractivity contribution in [3.63, 3.8) is 0 Å². The summed E-state index contributed by atoms with van der Waals surface area (Å²) in [6.45, 7) is 6.37. The number of thiophene rings is 1. The van der Waals surface area contributed by atoms with E-state index in [1.807, 2.05) is 0 Å². The number of hydrogen-bond donors (Lipinski definition) is 0. The summed E-state index contributed by atoms with van der Waals surface area (Å²) in [5.74, 6) is 0.763. The van der Waals surface area contributed by atoms with Crippen LogP contribution in [0, 0.1) is 5.92 Å². The minimum Gasteiger partial charge on any atom is -0.299 e. The highest BCUT2D eigenvalue weighted by molar-refractivity contribution is 7.09. The van der Waals surface area contributed by atoms with Crippen LogP contribution >= 0.6 is 11.3 Å². The SMILES string of the molecule is CC(C)N(Cc1cccs1)CC1CCCCC1=O. The van der Waals surface area contributed by atoms with Gasteiger partial charge in [0.15, 0.2) is 0 Å². The van der Waals surface area contributed by atoms with Gasteiger partial charge in [-0.25, -0.2) is 0 Å². The van der Waals surface area contributed by atoms with E-state index < -0.39 is 0 Å². The summed E-state index contributed by atoms with van der Waals surface area (Å²) in [6, 6.07) is 4.79. The molecule has 0 amide bonds. The van der Waals surface area contributed by atoms with E-state index in [0.717, 1.165) is 32.4 Å². The molecule has 1 aliphatic rings. The van der Waals surface area contributed by atoms with Gasteiger partial charge in [0.1, 0.15) is 5.78 Å². The lowest BCUT2D eigenvalue weighted by Gasteiger charge is -2.31. The third-order valence-corrected chi connectivity index (χ3v) is 4.67. The van der Waals surface area contributed by atoms with Gasteiger partial charge in [-0.15, -0.1) is 11.3 Å². The molecule has 1 saturated carbocycles. The van der Waals surface area contributed by atoms with Gasteiger partial charge in [-0.2, -0.15) is 0 Å². The van der Waals surface area contributed by atoms with Crippen LogP contribution in [0.15, 0.2) is 17.5 Å². The van der Waals surface area contributed by atoms with E-state index in [2.05, 4.69) is 36.3 Å². The Labute approximate surface area is 114 Å². The van der Waals surface area contributed by atoms with Crippen LogP contribution < -0.4 is 0 Å². The molecule has 1 atom stereocenters. The van der Waals surface area contributed by atoms with E-state index in [4.69, 9.17) is 0 Å². The summed E-state index contributed by atoms with van der Waals surface area (Å²) in [6.07, 6.45) is 4.21. The standard InChI is InChI=1S/C15H23NOS/c1-12(2)16(11-14-7-5-9-18-14)10-13-6-3-4-8-15(13)17/h5,7,9,12-13H,3-4,6,8,10-11H2,1-2H3. The first-order valence-corrected chi connectivity index (χ1v) is 7.84. The van der Waals surface area contributed by atoms with E-state index in [1.165, 1.54) is 11.3 Å². The Kier molecular flexibility index (Phi) is 4.95. The topological polar surface area (TPSA) is 20.3 Å². The van der Waals surface area contributed by atoms with Gasteiger partial charge in [0.25, 0.3) is 0 Å². The highest BCUT2D eigenvalue weighted by Crippen LogP contribution is 2.23. The van der Waals surface area contributed by atoms with Gasteiger partial charge < -0.3 is 0 Å². The number of rotatable bonds is 5. The molecule has 1 aromatic heterocycles. The Morgan fingerprint density at radius 3 is 2.89 bits per heavy atom. The Morgan fingerprint density at radius 1 is 1.44 bits per heavy atom. The van der Waals surface area contributed by atoms with Gasteiger partial charge in [-0.1, -0.05) is 12.5 Å². The average Bonchev–Trinajstić information content (AvgIpc) is 2.83. The van der Waals surface area contributed by atoms with Crippen molar-refractivity contribution in [1.29, 1.82) is 0 Å².